The summed E-state index contributed by atoms with van der Waals surface area (Å²) in [6.07, 6.45) is 2.63. The molecule has 6 heteroatoms. The minimum Gasteiger partial charge on any atom is -0.314 e. The van der Waals surface area contributed by atoms with Crippen LogP contribution in [0, 0.1) is 0 Å². The van der Waals surface area contributed by atoms with Gasteiger partial charge in [0.2, 0.25) is 0 Å². The predicted octanol–water partition coefficient (Wildman–Crippen LogP) is 0.305. The molecule has 0 bridgehead atoms. The molecule has 0 aromatic rings. The minimum atomic E-state index is -3.23. The van der Waals surface area contributed by atoms with Gasteiger partial charge in [0.15, 0.2) is 0 Å². The second-order valence-electron chi connectivity index (χ2n) is 4.13. The first-order valence-corrected chi connectivity index (χ1v) is 7.52. The molecule has 1 saturated heterocycles. The molecule has 96 valence electrons. The van der Waals surface area contributed by atoms with Crippen LogP contribution in [0.3, 0.4) is 0 Å². The van der Waals surface area contributed by atoms with Crippen LogP contribution in [-0.4, -0.2) is 44.9 Å². The monoisotopic (exact) mass is 249 g/mol. The van der Waals surface area contributed by atoms with Crippen LogP contribution in [0.15, 0.2) is 0 Å². The molecule has 1 heterocycles. The first-order chi connectivity index (χ1) is 7.60. The number of hydrogen-bond donors (Lipinski definition) is 2. The molecule has 1 rings (SSSR count). The standard InChI is InChI=1S/C10H23N3O2S/c1-3-7-12-16(14,15)13-8-5-10(6-9-13)11-4-2/h10-12H,3-9H2,1-2H3. The second-order valence-corrected chi connectivity index (χ2v) is 5.89. The summed E-state index contributed by atoms with van der Waals surface area (Å²) in [6, 6.07) is 0.475. The van der Waals surface area contributed by atoms with E-state index in [0.29, 0.717) is 25.7 Å². The van der Waals surface area contributed by atoms with Crippen molar-refractivity contribution in [1.29, 1.82) is 0 Å². The molecule has 0 aromatic carbocycles. The second kappa shape index (κ2) is 6.54. The molecular weight excluding hydrogens is 226 g/mol. The van der Waals surface area contributed by atoms with Gasteiger partial charge in [0.05, 0.1) is 0 Å². The normalized spacial score (nSPS) is 20.1. The topological polar surface area (TPSA) is 61.4 Å². The van der Waals surface area contributed by atoms with E-state index >= 15 is 0 Å². The number of rotatable bonds is 6. The zero-order valence-corrected chi connectivity index (χ0v) is 11.0. The fourth-order valence-electron chi connectivity index (χ4n) is 1.91. The van der Waals surface area contributed by atoms with Crippen molar-refractivity contribution >= 4 is 10.2 Å². The molecule has 0 amide bonds. The lowest BCUT2D eigenvalue weighted by Crippen LogP contribution is -2.48. The highest BCUT2D eigenvalue weighted by Crippen LogP contribution is 2.12. The van der Waals surface area contributed by atoms with Crippen LogP contribution in [0.1, 0.15) is 33.1 Å². The molecule has 0 aliphatic carbocycles. The smallest absolute Gasteiger partial charge is 0.279 e. The summed E-state index contributed by atoms with van der Waals surface area (Å²) in [4.78, 5) is 0. The molecule has 2 N–H and O–H groups in total. The van der Waals surface area contributed by atoms with E-state index < -0.39 is 10.2 Å². The maximum Gasteiger partial charge on any atom is 0.279 e. The molecular formula is C10H23N3O2S. The third kappa shape index (κ3) is 4.01. The largest absolute Gasteiger partial charge is 0.314 e. The Morgan fingerprint density at radius 3 is 2.38 bits per heavy atom. The van der Waals surface area contributed by atoms with Gasteiger partial charge in [-0.15, -0.1) is 0 Å². The zero-order valence-electron chi connectivity index (χ0n) is 10.2. The van der Waals surface area contributed by atoms with Crippen molar-refractivity contribution in [3.05, 3.63) is 0 Å². The molecule has 1 aliphatic heterocycles. The quantitative estimate of drug-likeness (QED) is 0.712. The van der Waals surface area contributed by atoms with Crippen molar-refractivity contribution < 1.29 is 8.42 Å². The molecule has 0 aromatic heterocycles. The summed E-state index contributed by atoms with van der Waals surface area (Å²) >= 11 is 0. The lowest BCUT2D eigenvalue weighted by molar-refractivity contribution is 0.289. The van der Waals surface area contributed by atoms with Gasteiger partial charge in [0.25, 0.3) is 10.2 Å². The summed E-state index contributed by atoms with van der Waals surface area (Å²) in [7, 11) is -3.23. The van der Waals surface area contributed by atoms with E-state index in [1.165, 1.54) is 0 Å². The van der Waals surface area contributed by atoms with Crippen molar-refractivity contribution in [2.45, 2.75) is 39.2 Å². The van der Waals surface area contributed by atoms with E-state index in [-0.39, 0.29) is 0 Å². The van der Waals surface area contributed by atoms with Crippen LogP contribution in [0.5, 0.6) is 0 Å². The number of nitrogens with zero attached hydrogens (tertiary/aromatic N) is 1. The van der Waals surface area contributed by atoms with E-state index in [1.807, 2.05) is 6.92 Å². The van der Waals surface area contributed by atoms with E-state index in [1.54, 1.807) is 4.31 Å². The summed E-state index contributed by atoms with van der Waals surface area (Å²) in [6.45, 7) is 6.75. The zero-order chi connectivity index (χ0) is 12.0. The van der Waals surface area contributed by atoms with E-state index in [9.17, 15) is 8.42 Å². The van der Waals surface area contributed by atoms with Crippen LogP contribution >= 0.6 is 0 Å². The summed E-state index contributed by atoms with van der Waals surface area (Å²) < 4.78 is 27.8. The molecule has 0 radical (unpaired) electrons. The Kier molecular flexibility index (Phi) is 5.68. The average molecular weight is 249 g/mol. The molecule has 1 aliphatic rings. The van der Waals surface area contributed by atoms with Crippen molar-refractivity contribution in [2.24, 2.45) is 0 Å². The molecule has 16 heavy (non-hydrogen) atoms. The van der Waals surface area contributed by atoms with Gasteiger partial charge in [-0.1, -0.05) is 13.8 Å². The Morgan fingerprint density at radius 2 is 1.88 bits per heavy atom. The lowest BCUT2D eigenvalue weighted by atomic mass is 10.1. The number of hydrogen-bond acceptors (Lipinski definition) is 3. The summed E-state index contributed by atoms with van der Waals surface area (Å²) in [5, 5.41) is 3.36. The molecule has 0 atom stereocenters. The Bertz CT molecular complexity index is 284. The van der Waals surface area contributed by atoms with Gasteiger partial charge in [-0.2, -0.15) is 12.7 Å². The van der Waals surface area contributed by atoms with Gasteiger partial charge < -0.3 is 5.32 Å². The SMILES string of the molecule is CCCNS(=O)(=O)N1CCC(NCC)CC1. The maximum absolute atomic E-state index is 11.8. The van der Waals surface area contributed by atoms with Crippen LogP contribution < -0.4 is 10.0 Å². The van der Waals surface area contributed by atoms with Gasteiger partial charge in [-0.05, 0) is 25.8 Å². The average Bonchev–Trinajstić information content (AvgIpc) is 2.28. The third-order valence-electron chi connectivity index (χ3n) is 2.82. The van der Waals surface area contributed by atoms with Crippen molar-refractivity contribution in [1.82, 2.24) is 14.3 Å². The van der Waals surface area contributed by atoms with Gasteiger partial charge in [-0.25, -0.2) is 4.72 Å². The Labute approximate surface area is 98.8 Å². The van der Waals surface area contributed by atoms with Crippen molar-refractivity contribution in [2.75, 3.05) is 26.2 Å². The molecule has 0 unspecified atom stereocenters. The molecule has 5 nitrogen and oxygen atoms in total. The minimum absolute atomic E-state index is 0.475. The fourth-order valence-corrected chi connectivity index (χ4v) is 3.25. The molecule has 0 spiro atoms. The van der Waals surface area contributed by atoms with Gasteiger partial charge >= 0.3 is 0 Å². The molecule has 0 saturated carbocycles. The summed E-state index contributed by atoms with van der Waals surface area (Å²) in [5.74, 6) is 0. The maximum atomic E-state index is 11.8. The third-order valence-corrected chi connectivity index (χ3v) is 4.44. The first-order valence-electron chi connectivity index (χ1n) is 6.08. The van der Waals surface area contributed by atoms with Crippen LogP contribution in [-0.2, 0) is 10.2 Å². The van der Waals surface area contributed by atoms with Gasteiger partial charge in [0.1, 0.15) is 0 Å². The van der Waals surface area contributed by atoms with E-state index in [0.717, 1.165) is 25.8 Å². The van der Waals surface area contributed by atoms with Crippen molar-refractivity contribution in [3.8, 4) is 0 Å². The number of nitrogens with one attached hydrogen (secondary N) is 2. The Hall–Kier alpha value is -0.170. The first kappa shape index (κ1) is 13.9. The molecule has 1 fully saturated rings. The van der Waals surface area contributed by atoms with Crippen molar-refractivity contribution in [3.63, 3.8) is 0 Å². The highest BCUT2D eigenvalue weighted by Gasteiger charge is 2.26. The highest BCUT2D eigenvalue weighted by atomic mass is 32.2. The van der Waals surface area contributed by atoms with Crippen LogP contribution in [0.2, 0.25) is 0 Å². The van der Waals surface area contributed by atoms with Crippen LogP contribution in [0.25, 0.3) is 0 Å². The fraction of sp³-hybridized carbons (Fsp3) is 1.00. The Morgan fingerprint density at radius 1 is 1.25 bits per heavy atom. The van der Waals surface area contributed by atoms with E-state index in [2.05, 4.69) is 17.0 Å². The van der Waals surface area contributed by atoms with E-state index in [4.69, 9.17) is 0 Å². The van der Waals surface area contributed by atoms with Crippen LogP contribution in [0.4, 0.5) is 0 Å². The van der Waals surface area contributed by atoms with Gasteiger partial charge in [0, 0.05) is 25.7 Å². The number of piperidine rings is 1. The predicted molar refractivity (Wildman–Crippen MR) is 65.5 cm³/mol. The lowest BCUT2D eigenvalue weighted by Gasteiger charge is -2.31. The Balaban J connectivity index is 2.40. The summed E-state index contributed by atoms with van der Waals surface area (Å²) in [5.41, 5.74) is 0. The van der Waals surface area contributed by atoms with Gasteiger partial charge in [-0.3, -0.25) is 0 Å². The highest BCUT2D eigenvalue weighted by molar-refractivity contribution is 7.87.